The number of sulfone groups is 1. The fraction of sp³-hybridized carbons (Fsp3) is 0.657. The second kappa shape index (κ2) is 13.5. The molecular weight excluding hydrogens is 558 g/mol. The van der Waals surface area contributed by atoms with Crippen molar-refractivity contribution in [2.75, 3.05) is 77.2 Å². The number of hydrogen-bond acceptors (Lipinski definition) is 6. The Balaban J connectivity index is 1.47. The predicted molar refractivity (Wildman–Crippen MR) is 173 cm³/mol. The molecule has 4 aliphatic heterocycles. The zero-order valence-corrected chi connectivity index (χ0v) is 27.7. The Morgan fingerprint density at radius 2 is 1.65 bits per heavy atom. The molecule has 2 bridgehead atoms. The molecule has 0 radical (unpaired) electrons. The summed E-state index contributed by atoms with van der Waals surface area (Å²) in [7, 11) is 0.241. The molecule has 2 aromatic carbocycles. The Morgan fingerprint density at radius 3 is 2.28 bits per heavy atom. The summed E-state index contributed by atoms with van der Waals surface area (Å²) in [5.41, 5.74) is 1.58. The number of hydrogen-bond donors (Lipinski definition) is 0. The van der Waals surface area contributed by atoms with E-state index in [1.54, 1.807) is 6.07 Å². The van der Waals surface area contributed by atoms with Crippen LogP contribution in [0.2, 0.25) is 0 Å². The third kappa shape index (κ3) is 6.92. The van der Waals surface area contributed by atoms with E-state index >= 15 is 0 Å². The van der Waals surface area contributed by atoms with Crippen molar-refractivity contribution < 1.29 is 22.7 Å². The first kappa shape index (κ1) is 32.3. The van der Waals surface area contributed by atoms with Crippen molar-refractivity contribution in [3.05, 3.63) is 53.6 Å². The van der Waals surface area contributed by atoms with Gasteiger partial charge in [0.1, 0.15) is 5.75 Å². The summed E-state index contributed by atoms with van der Waals surface area (Å²) >= 11 is 0. The topological polar surface area (TPSA) is 72.9 Å². The molecule has 0 aliphatic carbocycles. The van der Waals surface area contributed by atoms with Crippen molar-refractivity contribution >= 4 is 15.5 Å². The maximum Gasteiger partial charge on any atom is 0.179 e. The molecule has 43 heavy (non-hydrogen) atoms. The van der Waals surface area contributed by atoms with Crippen LogP contribution in [0.5, 0.6) is 5.75 Å². The summed E-state index contributed by atoms with van der Waals surface area (Å²) in [5.74, 6) is 0.109. The normalized spacial score (nSPS) is 27.3. The molecule has 3 fully saturated rings. The van der Waals surface area contributed by atoms with Crippen LogP contribution in [0.3, 0.4) is 0 Å². The van der Waals surface area contributed by atoms with Crippen LogP contribution in [0, 0.1) is 5.41 Å². The number of nitrogens with zero attached hydrogens (tertiary/aromatic N) is 3. The monoisotopic (exact) mass is 611 g/mol. The highest BCUT2D eigenvalue weighted by atomic mass is 32.2. The van der Waals surface area contributed by atoms with E-state index in [0.29, 0.717) is 29.9 Å². The van der Waals surface area contributed by atoms with Gasteiger partial charge in [0, 0.05) is 45.8 Å². The van der Waals surface area contributed by atoms with Crippen molar-refractivity contribution in [1.29, 1.82) is 0 Å². The van der Waals surface area contributed by atoms with E-state index in [9.17, 15) is 13.5 Å². The van der Waals surface area contributed by atoms with Gasteiger partial charge in [0.05, 0.1) is 43.4 Å². The molecule has 3 saturated heterocycles. The zero-order valence-electron chi connectivity index (χ0n) is 26.9. The molecule has 238 valence electrons. The van der Waals surface area contributed by atoms with Gasteiger partial charge in [0.15, 0.2) is 9.84 Å². The average molecular weight is 612 g/mol. The summed E-state index contributed by atoms with van der Waals surface area (Å²) in [6.07, 6.45) is 4.77. The van der Waals surface area contributed by atoms with Crippen LogP contribution in [0.4, 0.5) is 5.69 Å². The van der Waals surface area contributed by atoms with E-state index in [1.165, 1.54) is 43.8 Å². The van der Waals surface area contributed by atoms with Gasteiger partial charge in [-0.1, -0.05) is 51.7 Å². The predicted octanol–water partition coefficient (Wildman–Crippen LogP) is 4.68. The van der Waals surface area contributed by atoms with Crippen molar-refractivity contribution in [3.8, 4) is 5.75 Å². The van der Waals surface area contributed by atoms with E-state index in [4.69, 9.17) is 4.74 Å². The molecule has 2 atom stereocenters. The molecule has 0 unspecified atom stereocenters. The van der Waals surface area contributed by atoms with Gasteiger partial charge in [0.2, 0.25) is 0 Å². The lowest BCUT2D eigenvalue weighted by Crippen LogP contribution is -2.67. The molecule has 0 saturated carbocycles. The van der Waals surface area contributed by atoms with E-state index in [0.717, 1.165) is 55.6 Å². The van der Waals surface area contributed by atoms with Crippen molar-refractivity contribution in [2.24, 2.45) is 5.41 Å². The summed E-state index contributed by atoms with van der Waals surface area (Å²) in [6.45, 7) is 13.4. The first-order valence-corrected chi connectivity index (χ1v) is 18.3. The van der Waals surface area contributed by atoms with Gasteiger partial charge in [-0.2, -0.15) is 0 Å². The summed E-state index contributed by atoms with van der Waals surface area (Å²) in [5, 5.41) is 15.0. The SMILES string of the molecule is CCCCC1(CCCC)CS(=O)(=O)c2ccc(N(C)C)cc2[C@@H](c2cccc(OCCC[N+]34CCN(CC3)CC4)c2)[C@H]1[O-]. The van der Waals surface area contributed by atoms with E-state index in [-0.39, 0.29) is 5.75 Å². The van der Waals surface area contributed by atoms with Gasteiger partial charge in [-0.05, 0) is 65.6 Å². The summed E-state index contributed by atoms with van der Waals surface area (Å²) in [6, 6.07) is 13.5. The number of unbranched alkanes of at least 4 members (excludes halogenated alkanes) is 2. The Labute approximate surface area is 260 Å². The minimum Gasteiger partial charge on any atom is -0.851 e. The lowest BCUT2D eigenvalue weighted by molar-refractivity contribution is -0.941. The number of quaternary nitrogens is 1. The second-order valence-electron chi connectivity index (χ2n) is 13.7. The molecule has 6 rings (SSSR count). The zero-order chi connectivity index (χ0) is 30.7. The van der Waals surface area contributed by atoms with Crippen LogP contribution in [0.25, 0.3) is 0 Å². The third-order valence-corrected chi connectivity index (χ3v) is 12.6. The molecule has 4 aliphatic rings. The minimum atomic E-state index is -3.66. The van der Waals surface area contributed by atoms with Crippen LogP contribution in [0.1, 0.15) is 75.8 Å². The van der Waals surface area contributed by atoms with Gasteiger partial charge in [-0.3, -0.25) is 4.90 Å². The molecule has 0 spiro atoms. The minimum absolute atomic E-state index is 0.0765. The lowest BCUT2D eigenvalue weighted by Gasteiger charge is -2.50. The van der Waals surface area contributed by atoms with Crippen molar-refractivity contribution in [2.45, 2.75) is 75.7 Å². The van der Waals surface area contributed by atoms with Crippen molar-refractivity contribution in [3.63, 3.8) is 0 Å². The average Bonchev–Trinajstić information content (AvgIpc) is 3.08. The van der Waals surface area contributed by atoms with E-state index in [2.05, 4.69) is 18.7 Å². The smallest absolute Gasteiger partial charge is 0.179 e. The number of rotatable bonds is 13. The molecule has 0 N–H and O–H groups in total. The molecule has 4 heterocycles. The first-order chi connectivity index (χ1) is 20.6. The maximum atomic E-state index is 15.0. The van der Waals surface area contributed by atoms with Crippen LogP contribution >= 0.6 is 0 Å². The Hall–Kier alpha value is -2.13. The largest absolute Gasteiger partial charge is 0.851 e. The standard InChI is InChI=1S/C35H53N3O4S/c1-5-7-15-35(16-8-6-2)27-43(40,41)32-14-13-29(36(3)4)26-31(32)33(34(35)39)28-11-9-12-30(25-28)42-24-10-20-38-21-17-37(18-22-38)19-23-38/h9,11-14,25-26,33-34H,5-8,10,15-24,27H2,1-4H3/t33-,34-/m1/s1. The van der Waals surface area contributed by atoms with Crippen LogP contribution < -0.4 is 14.7 Å². The first-order valence-electron chi connectivity index (χ1n) is 16.6. The fourth-order valence-electron chi connectivity index (χ4n) is 7.82. The Bertz CT molecular complexity index is 1310. The highest BCUT2D eigenvalue weighted by Crippen LogP contribution is 2.49. The Morgan fingerprint density at radius 1 is 0.977 bits per heavy atom. The molecule has 0 aromatic heterocycles. The maximum absolute atomic E-state index is 15.0. The highest BCUT2D eigenvalue weighted by Gasteiger charge is 2.45. The van der Waals surface area contributed by atoms with Crippen LogP contribution in [-0.4, -0.2) is 96.2 Å². The summed E-state index contributed by atoms with van der Waals surface area (Å²) < 4.78 is 35.7. The Kier molecular flexibility index (Phi) is 10.1. The van der Waals surface area contributed by atoms with Crippen LogP contribution in [-0.2, 0) is 9.84 Å². The van der Waals surface area contributed by atoms with Crippen LogP contribution in [0.15, 0.2) is 47.4 Å². The quantitative estimate of drug-likeness (QED) is 0.242. The molecule has 0 amide bonds. The summed E-state index contributed by atoms with van der Waals surface area (Å²) in [4.78, 5) is 4.87. The van der Waals surface area contributed by atoms with E-state index < -0.39 is 27.3 Å². The number of benzene rings is 2. The highest BCUT2D eigenvalue weighted by molar-refractivity contribution is 7.91. The van der Waals surface area contributed by atoms with E-state index in [1.807, 2.05) is 55.4 Å². The van der Waals surface area contributed by atoms with Gasteiger partial charge in [-0.15, -0.1) is 6.10 Å². The molecular formula is C35H53N3O4S. The molecule has 7 nitrogen and oxygen atoms in total. The van der Waals surface area contributed by atoms with Crippen molar-refractivity contribution in [1.82, 2.24) is 4.90 Å². The number of anilines is 1. The van der Waals surface area contributed by atoms with Gasteiger partial charge >= 0.3 is 0 Å². The van der Waals surface area contributed by atoms with Gasteiger partial charge in [0.25, 0.3) is 0 Å². The third-order valence-electron chi connectivity index (χ3n) is 10.6. The number of ether oxygens (including phenoxy) is 1. The number of piperazine rings is 3. The van der Waals surface area contributed by atoms with Gasteiger partial charge < -0.3 is 19.2 Å². The lowest BCUT2D eigenvalue weighted by atomic mass is 9.68. The molecule has 2 aromatic rings. The fourth-order valence-corrected chi connectivity index (χ4v) is 10.0. The molecule has 8 heteroatoms. The number of fused-ring (bicyclic) bond motifs is 4. The second-order valence-corrected chi connectivity index (χ2v) is 15.7. The van der Waals surface area contributed by atoms with Gasteiger partial charge in [-0.25, -0.2) is 8.42 Å².